The molecule has 1 aromatic rings. The third kappa shape index (κ3) is 1.72. The Morgan fingerprint density at radius 1 is 1.53 bits per heavy atom. The van der Waals surface area contributed by atoms with Crippen LogP contribution in [0.3, 0.4) is 0 Å². The van der Waals surface area contributed by atoms with Gasteiger partial charge in [0, 0.05) is 10.9 Å². The van der Waals surface area contributed by atoms with Gasteiger partial charge >= 0.3 is 0 Å². The molecule has 1 aliphatic heterocycles. The summed E-state index contributed by atoms with van der Waals surface area (Å²) in [6, 6.07) is 4.18. The fourth-order valence-corrected chi connectivity index (χ4v) is 3.88. The lowest BCUT2D eigenvalue weighted by atomic mass is 10.0. The first-order valence-corrected chi connectivity index (χ1v) is 6.32. The summed E-state index contributed by atoms with van der Waals surface area (Å²) in [5.74, 6) is -0.341. The van der Waals surface area contributed by atoms with Crippen LogP contribution in [-0.2, 0) is 10.8 Å². The van der Waals surface area contributed by atoms with Gasteiger partial charge in [0.05, 0.1) is 16.0 Å². The molecule has 0 aromatic heterocycles. The summed E-state index contributed by atoms with van der Waals surface area (Å²) in [5.41, 5.74) is 6.84. The first kappa shape index (κ1) is 10.8. The van der Waals surface area contributed by atoms with Crippen LogP contribution in [0.2, 0.25) is 0 Å². The largest absolute Gasteiger partial charge is 0.323 e. The van der Waals surface area contributed by atoms with Gasteiger partial charge in [0.1, 0.15) is 5.82 Å². The van der Waals surface area contributed by atoms with E-state index in [9.17, 15) is 8.60 Å². The Bertz CT molecular complexity index is 408. The molecule has 0 bridgehead atoms. The monoisotopic (exact) mass is 227 g/mol. The highest BCUT2D eigenvalue weighted by Gasteiger charge is 2.35. The lowest BCUT2D eigenvalue weighted by Gasteiger charge is -2.12. The molecule has 0 amide bonds. The Labute approximate surface area is 91.1 Å². The Balaban J connectivity index is 2.41. The van der Waals surface area contributed by atoms with Gasteiger partial charge in [-0.3, -0.25) is 4.21 Å². The average Bonchev–Trinajstić information content (AvgIpc) is 2.44. The highest BCUT2D eigenvalue weighted by molar-refractivity contribution is 7.86. The summed E-state index contributed by atoms with van der Waals surface area (Å²) in [6.07, 6.45) is 1.77. The number of fused-ring (bicyclic) bond motifs is 1. The van der Waals surface area contributed by atoms with E-state index in [0.29, 0.717) is 4.90 Å². The summed E-state index contributed by atoms with van der Waals surface area (Å²) in [5, 5.41) is -0.0493. The number of rotatable bonds is 2. The molecule has 15 heavy (non-hydrogen) atoms. The molecule has 3 atom stereocenters. The van der Waals surface area contributed by atoms with Crippen molar-refractivity contribution in [2.75, 3.05) is 0 Å². The molecular formula is C11H14FNOS. The topological polar surface area (TPSA) is 43.1 Å². The predicted octanol–water partition coefficient (Wildman–Crippen LogP) is 2.12. The van der Waals surface area contributed by atoms with Crippen molar-refractivity contribution in [3.05, 3.63) is 29.6 Å². The molecule has 1 aliphatic rings. The van der Waals surface area contributed by atoms with Crippen molar-refractivity contribution in [1.29, 1.82) is 0 Å². The summed E-state index contributed by atoms with van der Waals surface area (Å²) in [7, 11) is -1.14. The van der Waals surface area contributed by atoms with Crippen LogP contribution < -0.4 is 5.73 Å². The average molecular weight is 227 g/mol. The third-order valence-electron chi connectivity index (χ3n) is 2.80. The standard InChI is InChI=1S/C11H14FNOS/c1-2-3-9-11(13)8-5-4-7(12)6-10(8)15(9)14/h4-6,9,11H,2-3,13H2,1H3. The van der Waals surface area contributed by atoms with Gasteiger partial charge in [-0.1, -0.05) is 19.4 Å². The van der Waals surface area contributed by atoms with Gasteiger partial charge in [-0.25, -0.2) is 4.39 Å². The second kappa shape index (κ2) is 4.02. The maximum absolute atomic E-state index is 13.0. The first-order valence-electron chi connectivity index (χ1n) is 5.10. The van der Waals surface area contributed by atoms with Crippen LogP contribution in [0.4, 0.5) is 4.39 Å². The van der Waals surface area contributed by atoms with Gasteiger partial charge in [0.25, 0.3) is 0 Å². The highest BCUT2D eigenvalue weighted by Crippen LogP contribution is 2.37. The van der Waals surface area contributed by atoms with Crippen LogP contribution in [0.5, 0.6) is 0 Å². The number of hydrogen-bond acceptors (Lipinski definition) is 2. The Kier molecular flexibility index (Phi) is 2.89. The Morgan fingerprint density at radius 3 is 2.93 bits per heavy atom. The smallest absolute Gasteiger partial charge is 0.124 e. The van der Waals surface area contributed by atoms with E-state index in [2.05, 4.69) is 0 Å². The summed E-state index contributed by atoms with van der Waals surface area (Å²) >= 11 is 0. The summed E-state index contributed by atoms with van der Waals surface area (Å²) in [4.78, 5) is 0.584. The maximum Gasteiger partial charge on any atom is 0.124 e. The van der Waals surface area contributed by atoms with E-state index >= 15 is 0 Å². The molecule has 3 unspecified atom stereocenters. The van der Waals surface area contributed by atoms with Gasteiger partial charge in [0.2, 0.25) is 0 Å². The molecule has 4 heteroatoms. The van der Waals surface area contributed by atoms with Crippen molar-refractivity contribution >= 4 is 10.8 Å². The number of benzene rings is 1. The quantitative estimate of drug-likeness (QED) is 0.841. The van der Waals surface area contributed by atoms with Gasteiger partial charge in [-0.05, 0) is 24.1 Å². The number of halogens is 1. The molecule has 82 valence electrons. The van der Waals surface area contributed by atoms with E-state index in [1.165, 1.54) is 12.1 Å². The van der Waals surface area contributed by atoms with Crippen molar-refractivity contribution in [3.8, 4) is 0 Å². The van der Waals surface area contributed by atoms with Gasteiger partial charge in [0.15, 0.2) is 0 Å². The molecule has 2 rings (SSSR count). The predicted molar refractivity (Wildman–Crippen MR) is 58.4 cm³/mol. The van der Waals surface area contributed by atoms with Crippen LogP contribution >= 0.6 is 0 Å². The zero-order valence-electron chi connectivity index (χ0n) is 8.57. The SMILES string of the molecule is CCCC1C(N)c2ccc(F)cc2S1=O. The lowest BCUT2D eigenvalue weighted by Crippen LogP contribution is -2.23. The van der Waals surface area contributed by atoms with Crippen LogP contribution in [0.15, 0.2) is 23.1 Å². The molecule has 1 aromatic carbocycles. The van der Waals surface area contributed by atoms with Crippen molar-refractivity contribution < 1.29 is 8.60 Å². The van der Waals surface area contributed by atoms with Crippen molar-refractivity contribution in [1.82, 2.24) is 0 Å². The molecule has 0 spiro atoms. The lowest BCUT2D eigenvalue weighted by molar-refractivity contribution is 0.603. The molecule has 0 fully saturated rings. The number of hydrogen-bond donors (Lipinski definition) is 1. The van der Waals surface area contributed by atoms with Crippen LogP contribution in [0.1, 0.15) is 31.4 Å². The first-order chi connectivity index (χ1) is 7.15. The van der Waals surface area contributed by atoms with Gasteiger partial charge in [-0.2, -0.15) is 0 Å². The zero-order valence-corrected chi connectivity index (χ0v) is 9.39. The van der Waals surface area contributed by atoms with Crippen LogP contribution in [-0.4, -0.2) is 9.46 Å². The van der Waals surface area contributed by atoms with E-state index in [1.54, 1.807) is 6.07 Å². The summed E-state index contributed by atoms with van der Waals surface area (Å²) < 4.78 is 25.0. The van der Waals surface area contributed by atoms with E-state index in [1.807, 2.05) is 6.92 Å². The number of nitrogens with two attached hydrogens (primary N) is 1. The van der Waals surface area contributed by atoms with Crippen LogP contribution in [0.25, 0.3) is 0 Å². The molecule has 0 saturated carbocycles. The van der Waals surface area contributed by atoms with E-state index in [0.717, 1.165) is 18.4 Å². The normalized spacial score (nSPS) is 29.1. The Hall–Kier alpha value is -0.740. The molecule has 0 aliphatic carbocycles. The zero-order chi connectivity index (χ0) is 11.0. The van der Waals surface area contributed by atoms with E-state index in [4.69, 9.17) is 5.73 Å². The molecular weight excluding hydrogens is 213 g/mol. The van der Waals surface area contributed by atoms with Crippen molar-refractivity contribution in [2.45, 2.75) is 36.0 Å². The fraction of sp³-hybridized carbons (Fsp3) is 0.455. The molecule has 2 nitrogen and oxygen atoms in total. The minimum Gasteiger partial charge on any atom is -0.323 e. The molecule has 0 radical (unpaired) electrons. The maximum atomic E-state index is 13.0. The molecule has 1 heterocycles. The second-order valence-corrected chi connectivity index (χ2v) is 5.47. The minimum absolute atomic E-state index is 0.0493. The van der Waals surface area contributed by atoms with Gasteiger partial charge in [-0.15, -0.1) is 0 Å². The Morgan fingerprint density at radius 2 is 2.27 bits per heavy atom. The van der Waals surface area contributed by atoms with Crippen molar-refractivity contribution in [3.63, 3.8) is 0 Å². The fourth-order valence-electron chi connectivity index (χ4n) is 2.03. The van der Waals surface area contributed by atoms with Crippen LogP contribution in [0, 0.1) is 5.82 Å². The summed E-state index contributed by atoms with van der Waals surface area (Å²) in [6.45, 7) is 2.04. The second-order valence-electron chi connectivity index (χ2n) is 3.83. The van der Waals surface area contributed by atoms with E-state index in [-0.39, 0.29) is 17.1 Å². The van der Waals surface area contributed by atoms with Gasteiger partial charge < -0.3 is 5.73 Å². The van der Waals surface area contributed by atoms with E-state index < -0.39 is 10.8 Å². The van der Waals surface area contributed by atoms with Crippen molar-refractivity contribution in [2.24, 2.45) is 5.73 Å². The highest BCUT2D eigenvalue weighted by atomic mass is 32.2. The minimum atomic E-state index is -1.14. The third-order valence-corrected chi connectivity index (χ3v) is 4.67. The molecule has 2 N–H and O–H groups in total. The molecule has 0 saturated heterocycles.